The lowest BCUT2D eigenvalue weighted by Crippen LogP contribution is -2.41. The molecule has 0 aromatic carbocycles. The summed E-state index contributed by atoms with van der Waals surface area (Å²) in [6, 6.07) is -0.360. The highest BCUT2D eigenvalue weighted by Gasteiger charge is 2.17. The van der Waals surface area contributed by atoms with Crippen LogP contribution < -0.4 is 5.32 Å². The molecule has 0 aliphatic heterocycles. The number of ether oxygens (including phenoxy) is 1. The monoisotopic (exact) mass is 233 g/mol. The van der Waals surface area contributed by atoms with Gasteiger partial charge in [-0.2, -0.15) is 0 Å². The Morgan fingerprint density at radius 1 is 1.19 bits per heavy atom. The molecule has 4 N–H and O–H groups in total. The van der Waals surface area contributed by atoms with Crippen molar-refractivity contribution >= 4 is 0 Å². The van der Waals surface area contributed by atoms with Gasteiger partial charge in [-0.3, -0.25) is 0 Å². The van der Waals surface area contributed by atoms with Gasteiger partial charge >= 0.3 is 0 Å². The van der Waals surface area contributed by atoms with Crippen LogP contribution in [-0.2, 0) is 4.74 Å². The SMILES string of the molecule is OCC(CO)NCC(O)COC1CCCC1. The lowest BCUT2D eigenvalue weighted by Gasteiger charge is -2.18. The number of rotatable bonds is 8. The van der Waals surface area contributed by atoms with Crippen molar-refractivity contribution in [3.8, 4) is 0 Å². The first kappa shape index (κ1) is 13.9. The first-order valence-electron chi connectivity index (χ1n) is 6.01. The van der Waals surface area contributed by atoms with Gasteiger partial charge in [0.1, 0.15) is 0 Å². The van der Waals surface area contributed by atoms with Crippen molar-refractivity contribution in [1.29, 1.82) is 0 Å². The molecule has 1 unspecified atom stereocenters. The molecule has 96 valence electrons. The Morgan fingerprint density at radius 3 is 2.38 bits per heavy atom. The quantitative estimate of drug-likeness (QED) is 0.443. The maximum absolute atomic E-state index is 9.60. The van der Waals surface area contributed by atoms with Crippen molar-refractivity contribution in [2.45, 2.75) is 43.9 Å². The molecular formula is C11H23NO4. The molecule has 1 atom stereocenters. The molecule has 1 aliphatic rings. The molecule has 0 saturated heterocycles. The second-order valence-electron chi connectivity index (χ2n) is 4.36. The van der Waals surface area contributed by atoms with Gasteiger partial charge in [0, 0.05) is 6.54 Å². The van der Waals surface area contributed by atoms with E-state index in [1.54, 1.807) is 0 Å². The first-order chi connectivity index (χ1) is 7.76. The summed E-state index contributed by atoms with van der Waals surface area (Å²) in [6.07, 6.45) is 4.35. The molecule has 16 heavy (non-hydrogen) atoms. The third-order valence-corrected chi connectivity index (χ3v) is 2.91. The Hall–Kier alpha value is -0.200. The number of hydrogen-bond acceptors (Lipinski definition) is 5. The Kier molecular flexibility index (Phi) is 6.91. The molecule has 0 bridgehead atoms. The zero-order valence-electron chi connectivity index (χ0n) is 9.64. The van der Waals surface area contributed by atoms with E-state index in [0.717, 1.165) is 12.8 Å². The summed E-state index contributed by atoms with van der Waals surface area (Å²) in [5.41, 5.74) is 0. The van der Waals surface area contributed by atoms with Crippen LogP contribution in [0.5, 0.6) is 0 Å². The predicted octanol–water partition coefficient (Wildman–Crippen LogP) is -0.751. The molecule has 0 heterocycles. The molecule has 1 aliphatic carbocycles. The molecule has 5 nitrogen and oxygen atoms in total. The zero-order valence-corrected chi connectivity index (χ0v) is 9.64. The molecule has 1 saturated carbocycles. The standard InChI is InChI=1S/C11H23NO4/c13-6-9(7-14)12-5-10(15)8-16-11-3-1-2-4-11/h9-15H,1-8H2. The van der Waals surface area contributed by atoms with E-state index in [2.05, 4.69) is 5.32 Å². The van der Waals surface area contributed by atoms with Crippen LogP contribution in [-0.4, -0.2) is 59.9 Å². The predicted molar refractivity (Wildman–Crippen MR) is 60.2 cm³/mol. The molecule has 0 radical (unpaired) electrons. The Balaban J connectivity index is 2.03. The largest absolute Gasteiger partial charge is 0.395 e. The highest BCUT2D eigenvalue weighted by Crippen LogP contribution is 2.20. The van der Waals surface area contributed by atoms with Gasteiger partial charge in [0.05, 0.1) is 38.1 Å². The van der Waals surface area contributed by atoms with Gasteiger partial charge in [0.25, 0.3) is 0 Å². The lowest BCUT2D eigenvalue weighted by atomic mass is 10.3. The van der Waals surface area contributed by atoms with Crippen LogP contribution in [0.3, 0.4) is 0 Å². The maximum atomic E-state index is 9.60. The molecule has 1 rings (SSSR count). The lowest BCUT2D eigenvalue weighted by molar-refractivity contribution is -0.00756. The normalized spacial score (nSPS) is 19.5. The van der Waals surface area contributed by atoms with Gasteiger partial charge in [-0.1, -0.05) is 12.8 Å². The van der Waals surface area contributed by atoms with Gasteiger partial charge in [-0.25, -0.2) is 0 Å². The third kappa shape index (κ3) is 5.23. The highest BCUT2D eigenvalue weighted by atomic mass is 16.5. The summed E-state index contributed by atoms with van der Waals surface area (Å²) in [6.45, 7) is 0.388. The second kappa shape index (κ2) is 7.97. The zero-order chi connectivity index (χ0) is 11.8. The average molecular weight is 233 g/mol. The minimum Gasteiger partial charge on any atom is -0.395 e. The summed E-state index contributed by atoms with van der Waals surface area (Å²) in [5, 5.41) is 30.1. The fraction of sp³-hybridized carbons (Fsp3) is 1.00. The minimum absolute atomic E-state index is 0.132. The molecule has 0 aromatic heterocycles. The Bertz CT molecular complexity index is 163. The summed E-state index contributed by atoms with van der Waals surface area (Å²) < 4.78 is 5.55. The fourth-order valence-electron chi connectivity index (χ4n) is 1.85. The van der Waals surface area contributed by atoms with Crippen LogP contribution >= 0.6 is 0 Å². The van der Waals surface area contributed by atoms with E-state index in [-0.39, 0.29) is 19.3 Å². The van der Waals surface area contributed by atoms with Crippen LogP contribution in [0.1, 0.15) is 25.7 Å². The van der Waals surface area contributed by atoms with Crippen LogP contribution in [0.15, 0.2) is 0 Å². The van der Waals surface area contributed by atoms with Crippen molar-refractivity contribution in [2.75, 3.05) is 26.4 Å². The van der Waals surface area contributed by atoms with E-state index in [1.807, 2.05) is 0 Å². The van der Waals surface area contributed by atoms with Crippen molar-refractivity contribution < 1.29 is 20.1 Å². The van der Waals surface area contributed by atoms with Crippen LogP contribution in [0, 0.1) is 0 Å². The average Bonchev–Trinajstić information content (AvgIpc) is 2.80. The van der Waals surface area contributed by atoms with Gasteiger partial charge in [-0.15, -0.1) is 0 Å². The summed E-state index contributed by atoms with van der Waals surface area (Å²) in [7, 11) is 0. The van der Waals surface area contributed by atoms with Crippen molar-refractivity contribution in [3.63, 3.8) is 0 Å². The fourth-order valence-corrected chi connectivity index (χ4v) is 1.85. The number of nitrogens with one attached hydrogen (secondary N) is 1. The third-order valence-electron chi connectivity index (χ3n) is 2.91. The van der Waals surface area contributed by atoms with E-state index in [9.17, 15) is 5.11 Å². The molecular weight excluding hydrogens is 210 g/mol. The van der Waals surface area contributed by atoms with Crippen LogP contribution in [0.25, 0.3) is 0 Å². The molecule has 5 heteroatoms. The van der Waals surface area contributed by atoms with E-state index in [1.165, 1.54) is 12.8 Å². The molecule has 1 fully saturated rings. The topological polar surface area (TPSA) is 82.0 Å². The maximum Gasteiger partial charge on any atom is 0.0897 e. The minimum atomic E-state index is -0.582. The van der Waals surface area contributed by atoms with E-state index < -0.39 is 6.10 Å². The highest BCUT2D eigenvalue weighted by molar-refractivity contribution is 4.70. The van der Waals surface area contributed by atoms with Gasteiger partial charge < -0.3 is 25.4 Å². The van der Waals surface area contributed by atoms with Crippen molar-refractivity contribution in [2.24, 2.45) is 0 Å². The van der Waals surface area contributed by atoms with E-state index >= 15 is 0 Å². The van der Waals surface area contributed by atoms with Crippen LogP contribution in [0.2, 0.25) is 0 Å². The Labute approximate surface area is 96.4 Å². The number of aliphatic hydroxyl groups excluding tert-OH is 3. The summed E-state index contributed by atoms with van der Waals surface area (Å²) in [5.74, 6) is 0. The van der Waals surface area contributed by atoms with E-state index in [0.29, 0.717) is 19.3 Å². The molecule has 0 spiro atoms. The smallest absolute Gasteiger partial charge is 0.0897 e. The van der Waals surface area contributed by atoms with Crippen molar-refractivity contribution in [3.05, 3.63) is 0 Å². The summed E-state index contributed by atoms with van der Waals surface area (Å²) >= 11 is 0. The molecule has 0 amide bonds. The second-order valence-corrected chi connectivity index (χ2v) is 4.36. The van der Waals surface area contributed by atoms with Gasteiger partial charge in [-0.05, 0) is 12.8 Å². The summed E-state index contributed by atoms with van der Waals surface area (Å²) in [4.78, 5) is 0. The number of aliphatic hydroxyl groups is 3. The van der Waals surface area contributed by atoms with Crippen molar-refractivity contribution in [1.82, 2.24) is 5.32 Å². The van der Waals surface area contributed by atoms with Gasteiger partial charge in [0.2, 0.25) is 0 Å². The molecule has 0 aromatic rings. The van der Waals surface area contributed by atoms with Gasteiger partial charge in [0.15, 0.2) is 0 Å². The van der Waals surface area contributed by atoms with Crippen LogP contribution in [0.4, 0.5) is 0 Å². The van der Waals surface area contributed by atoms with E-state index in [4.69, 9.17) is 14.9 Å². The first-order valence-corrected chi connectivity index (χ1v) is 6.01. The number of hydrogen-bond donors (Lipinski definition) is 4. The Morgan fingerprint density at radius 2 is 1.81 bits per heavy atom.